The van der Waals surface area contributed by atoms with Crippen molar-refractivity contribution in [2.75, 3.05) is 26.2 Å². The van der Waals surface area contributed by atoms with Crippen LogP contribution in [-0.4, -0.2) is 37.0 Å². The summed E-state index contributed by atoms with van der Waals surface area (Å²) >= 11 is 0. The Morgan fingerprint density at radius 1 is 1.17 bits per heavy atom. The molecule has 4 heteroatoms. The third kappa shape index (κ3) is 5.15. The normalized spacial score (nSPS) is 24.3. The van der Waals surface area contributed by atoms with Crippen molar-refractivity contribution in [3.8, 4) is 0 Å². The molecular formula is C14H27ClN2O. The predicted molar refractivity (Wildman–Crippen MR) is 77.1 cm³/mol. The van der Waals surface area contributed by atoms with Crippen LogP contribution < -0.4 is 5.32 Å². The smallest absolute Gasteiger partial charge is 0.236 e. The van der Waals surface area contributed by atoms with Crippen LogP contribution in [0.25, 0.3) is 0 Å². The van der Waals surface area contributed by atoms with Gasteiger partial charge in [-0.1, -0.05) is 13.3 Å². The van der Waals surface area contributed by atoms with E-state index in [0.29, 0.717) is 12.5 Å². The minimum Gasteiger partial charge on any atom is -0.342 e. The minimum absolute atomic E-state index is 0. The first-order valence-electron chi connectivity index (χ1n) is 7.28. The van der Waals surface area contributed by atoms with Crippen LogP contribution in [0.15, 0.2) is 0 Å². The summed E-state index contributed by atoms with van der Waals surface area (Å²) in [5, 5.41) is 3.30. The van der Waals surface area contributed by atoms with Crippen molar-refractivity contribution in [2.24, 2.45) is 11.8 Å². The Kier molecular flexibility index (Phi) is 7.02. The Bertz CT molecular complexity index is 256. The number of likely N-dealkylation sites (tertiary alicyclic amines) is 1. The van der Waals surface area contributed by atoms with Gasteiger partial charge in [0.2, 0.25) is 5.91 Å². The summed E-state index contributed by atoms with van der Waals surface area (Å²) in [6, 6.07) is 0. The van der Waals surface area contributed by atoms with Gasteiger partial charge in [0.25, 0.3) is 0 Å². The van der Waals surface area contributed by atoms with Crippen molar-refractivity contribution >= 4 is 18.3 Å². The maximum Gasteiger partial charge on any atom is 0.236 e. The second kappa shape index (κ2) is 8.00. The molecule has 2 fully saturated rings. The first-order valence-corrected chi connectivity index (χ1v) is 7.28. The highest BCUT2D eigenvalue weighted by Crippen LogP contribution is 2.27. The van der Waals surface area contributed by atoms with Crippen LogP contribution in [0.5, 0.6) is 0 Å². The van der Waals surface area contributed by atoms with Gasteiger partial charge in [-0.25, -0.2) is 0 Å². The van der Waals surface area contributed by atoms with Crippen molar-refractivity contribution in [3.63, 3.8) is 0 Å². The number of halogens is 1. The summed E-state index contributed by atoms with van der Waals surface area (Å²) in [5.74, 6) is 2.01. The molecule has 1 aliphatic heterocycles. The van der Waals surface area contributed by atoms with E-state index in [-0.39, 0.29) is 12.4 Å². The van der Waals surface area contributed by atoms with Crippen LogP contribution in [0.1, 0.15) is 45.4 Å². The summed E-state index contributed by atoms with van der Waals surface area (Å²) < 4.78 is 0. The van der Waals surface area contributed by atoms with Crippen molar-refractivity contribution < 1.29 is 4.79 Å². The van der Waals surface area contributed by atoms with E-state index < -0.39 is 0 Å². The molecule has 1 heterocycles. The Hall–Kier alpha value is -0.280. The molecule has 1 saturated heterocycles. The highest BCUT2D eigenvalue weighted by atomic mass is 35.5. The van der Waals surface area contributed by atoms with Gasteiger partial charge in [-0.05, 0) is 50.5 Å². The van der Waals surface area contributed by atoms with Gasteiger partial charge in [-0.15, -0.1) is 12.4 Å². The van der Waals surface area contributed by atoms with Gasteiger partial charge < -0.3 is 10.2 Å². The number of carbonyl (C=O) groups excluding carboxylic acids is 1. The van der Waals surface area contributed by atoms with Crippen molar-refractivity contribution in [3.05, 3.63) is 0 Å². The van der Waals surface area contributed by atoms with Crippen LogP contribution in [0.2, 0.25) is 0 Å². The zero-order valence-electron chi connectivity index (χ0n) is 11.5. The Balaban J connectivity index is 0.00000162. The molecule has 2 aliphatic rings. The third-order valence-corrected chi connectivity index (χ3v) is 4.18. The zero-order valence-corrected chi connectivity index (χ0v) is 12.3. The minimum atomic E-state index is 0. The number of hydrogen-bond acceptors (Lipinski definition) is 2. The van der Waals surface area contributed by atoms with E-state index in [1.807, 2.05) is 0 Å². The van der Waals surface area contributed by atoms with Gasteiger partial charge in [0.1, 0.15) is 0 Å². The second-order valence-corrected chi connectivity index (χ2v) is 5.66. The van der Waals surface area contributed by atoms with E-state index in [2.05, 4.69) is 17.1 Å². The Labute approximate surface area is 117 Å². The Morgan fingerprint density at radius 2 is 1.94 bits per heavy atom. The summed E-state index contributed by atoms with van der Waals surface area (Å²) in [6.07, 6.45) is 7.65. The fraction of sp³-hybridized carbons (Fsp3) is 0.929. The van der Waals surface area contributed by atoms with Crippen LogP contribution in [0, 0.1) is 11.8 Å². The SMILES string of the molecule is CCC1CCCN(C(=O)CNCC2CC2)CC1.Cl. The molecule has 0 aromatic rings. The molecule has 0 aromatic carbocycles. The molecule has 0 radical (unpaired) electrons. The molecule has 0 aromatic heterocycles. The lowest BCUT2D eigenvalue weighted by atomic mass is 9.98. The van der Waals surface area contributed by atoms with E-state index in [4.69, 9.17) is 0 Å². The van der Waals surface area contributed by atoms with E-state index in [1.165, 1.54) is 38.5 Å². The van der Waals surface area contributed by atoms with Crippen molar-refractivity contribution in [2.45, 2.75) is 45.4 Å². The number of carbonyl (C=O) groups is 1. The van der Waals surface area contributed by atoms with E-state index >= 15 is 0 Å². The standard InChI is InChI=1S/C14H26N2O.ClH/c1-2-12-4-3-8-16(9-7-12)14(17)11-15-10-13-5-6-13;/h12-13,15H,2-11H2,1H3;1H. The van der Waals surface area contributed by atoms with Gasteiger partial charge >= 0.3 is 0 Å². The molecule has 1 saturated carbocycles. The second-order valence-electron chi connectivity index (χ2n) is 5.66. The Morgan fingerprint density at radius 3 is 2.61 bits per heavy atom. The molecule has 0 bridgehead atoms. The van der Waals surface area contributed by atoms with E-state index in [0.717, 1.165) is 31.5 Å². The molecule has 3 nitrogen and oxygen atoms in total. The molecule has 106 valence electrons. The van der Waals surface area contributed by atoms with Crippen molar-refractivity contribution in [1.29, 1.82) is 0 Å². The quantitative estimate of drug-likeness (QED) is 0.835. The first-order chi connectivity index (χ1) is 8.29. The molecule has 1 amide bonds. The van der Waals surface area contributed by atoms with Crippen LogP contribution in [0.3, 0.4) is 0 Å². The summed E-state index contributed by atoms with van der Waals surface area (Å²) in [7, 11) is 0. The highest BCUT2D eigenvalue weighted by Gasteiger charge is 2.22. The number of nitrogens with zero attached hydrogens (tertiary/aromatic N) is 1. The summed E-state index contributed by atoms with van der Waals surface area (Å²) in [5.41, 5.74) is 0. The number of rotatable bonds is 5. The molecular weight excluding hydrogens is 248 g/mol. The summed E-state index contributed by atoms with van der Waals surface area (Å²) in [4.78, 5) is 14.1. The lowest BCUT2D eigenvalue weighted by Gasteiger charge is -2.20. The molecule has 1 atom stereocenters. The number of nitrogens with one attached hydrogen (secondary N) is 1. The number of hydrogen-bond donors (Lipinski definition) is 1. The molecule has 1 N–H and O–H groups in total. The monoisotopic (exact) mass is 274 g/mol. The lowest BCUT2D eigenvalue weighted by molar-refractivity contribution is -0.130. The lowest BCUT2D eigenvalue weighted by Crippen LogP contribution is -2.39. The van der Waals surface area contributed by atoms with E-state index in [9.17, 15) is 4.79 Å². The maximum absolute atomic E-state index is 12.0. The van der Waals surface area contributed by atoms with Gasteiger partial charge in [0.15, 0.2) is 0 Å². The van der Waals surface area contributed by atoms with Gasteiger partial charge in [-0.2, -0.15) is 0 Å². The average molecular weight is 275 g/mol. The zero-order chi connectivity index (χ0) is 12.1. The molecule has 1 unspecified atom stereocenters. The third-order valence-electron chi connectivity index (χ3n) is 4.18. The fourth-order valence-corrected chi connectivity index (χ4v) is 2.64. The van der Waals surface area contributed by atoms with Gasteiger partial charge in [0, 0.05) is 13.1 Å². The van der Waals surface area contributed by atoms with Gasteiger partial charge in [0.05, 0.1) is 6.54 Å². The highest BCUT2D eigenvalue weighted by molar-refractivity contribution is 5.85. The topological polar surface area (TPSA) is 32.3 Å². The van der Waals surface area contributed by atoms with Crippen molar-refractivity contribution in [1.82, 2.24) is 10.2 Å². The average Bonchev–Trinajstić information content (AvgIpc) is 3.14. The van der Waals surface area contributed by atoms with Crippen LogP contribution in [-0.2, 0) is 4.79 Å². The summed E-state index contributed by atoms with van der Waals surface area (Å²) in [6.45, 7) is 5.80. The molecule has 2 rings (SSSR count). The van der Waals surface area contributed by atoms with Gasteiger partial charge in [-0.3, -0.25) is 4.79 Å². The number of amides is 1. The van der Waals surface area contributed by atoms with E-state index in [1.54, 1.807) is 0 Å². The maximum atomic E-state index is 12.0. The first kappa shape index (κ1) is 15.8. The fourth-order valence-electron chi connectivity index (χ4n) is 2.64. The van der Waals surface area contributed by atoms with Crippen LogP contribution >= 0.6 is 12.4 Å². The van der Waals surface area contributed by atoms with Crippen LogP contribution in [0.4, 0.5) is 0 Å². The molecule has 0 spiro atoms. The molecule has 18 heavy (non-hydrogen) atoms. The largest absolute Gasteiger partial charge is 0.342 e. The predicted octanol–water partition coefficient (Wildman–Crippen LogP) is 2.45. The molecule has 1 aliphatic carbocycles.